The lowest BCUT2D eigenvalue weighted by atomic mass is 9.97. The maximum atomic E-state index is 12.8. The number of hydrazone groups is 1. The van der Waals surface area contributed by atoms with E-state index < -0.39 is 11.6 Å². The number of phenolic OH excluding ortho intramolecular Hbond substituents is 1. The fourth-order valence-electron chi connectivity index (χ4n) is 2.60. The molecule has 0 saturated carbocycles. The number of nitrogens with zero attached hydrogens (tertiary/aromatic N) is 3. The van der Waals surface area contributed by atoms with Crippen molar-refractivity contribution in [1.82, 2.24) is 9.99 Å². The molecule has 0 fully saturated rings. The Hall–Kier alpha value is -2.73. The molecule has 2 aromatic rings. The molecule has 0 aliphatic carbocycles. The summed E-state index contributed by atoms with van der Waals surface area (Å²) in [5.74, 6) is -0.349. The fourth-order valence-corrected chi connectivity index (χ4v) is 2.60. The van der Waals surface area contributed by atoms with Crippen molar-refractivity contribution in [3.63, 3.8) is 0 Å². The Bertz CT molecular complexity index is 743. The van der Waals surface area contributed by atoms with Gasteiger partial charge in [-0.1, -0.05) is 6.92 Å². The number of phenols is 1. The number of rotatable bonds is 3. The number of carbonyl (C=O) groups excluding carboxylic acids is 1. The van der Waals surface area contributed by atoms with Gasteiger partial charge in [-0.25, -0.2) is 0 Å². The lowest BCUT2D eigenvalue weighted by Gasteiger charge is -2.31. The Labute approximate surface area is 133 Å². The molecule has 3 rings (SSSR count). The molecule has 118 valence electrons. The monoisotopic (exact) mass is 311 g/mol. The molecule has 0 unspecified atom stereocenters. The Kier molecular flexibility index (Phi) is 3.83. The first-order valence-electron chi connectivity index (χ1n) is 7.37. The second-order valence-electron chi connectivity index (χ2n) is 5.41. The van der Waals surface area contributed by atoms with Crippen LogP contribution in [-0.2, 0) is 5.72 Å². The second kappa shape index (κ2) is 5.81. The maximum absolute atomic E-state index is 12.8. The number of pyridine rings is 1. The van der Waals surface area contributed by atoms with Gasteiger partial charge in [-0.3, -0.25) is 9.78 Å². The number of benzene rings is 1. The Morgan fingerprint density at radius 3 is 2.48 bits per heavy atom. The fraction of sp³-hybridized carbons (Fsp3) is 0.235. The van der Waals surface area contributed by atoms with Crippen molar-refractivity contribution < 1.29 is 15.0 Å². The average Bonchev–Trinajstić information content (AvgIpc) is 2.94. The average molecular weight is 311 g/mol. The van der Waals surface area contributed by atoms with Crippen molar-refractivity contribution >= 4 is 11.6 Å². The third kappa shape index (κ3) is 2.68. The molecule has 0 saturated heterocycles. The van der Waals surface area contributed by atoms with E-state index in [1.165, 1.54) is 24.3 Å². The molecule has 1 aromatic carbocycles. The first-order chi connectivity index (χ1) is 11.0. The first kappa shape index (κ1) is 15.2. The highest BCUT2D eigenvalue weighted by atomic mass is 16.3. The van der Waals surface area contributed by atoms with Crippen LogP contribution in [0, 0.1) is 0 Å². The molecule has 23 heavy (non-hydrogen) atoms. The molecule has 0 radical (unpaired) electrons. The SMILES string of the molecule is CCC1=NN(C(=O)c2ccc(O)cc2)[C@](O)(c2ccncc2)C1. The van der Waals surface area contributed by atoms with Gasteiger partial charge >= 0.3 is 0 Å². The smallest absolute Gasteiger partial charge is 0.276 e. The van der Waals surface area contributed by atoms with Crippen LogP contribution in [0.1, 0.15) is 35.7 Å². The largest absolute Gasteiger partial charge is 0.508 e. The minimum absolute atomic E-state index is 0.0742. The van der Waals surface area contributed by atoms with E-state index in [-0.39, 0.29) is 12.2 Å². The number of aromatic nitrogens is 1. The summed E-state index contributed by atoms with van der Waals surface area (Å²) >= 11 is 0. The highest BCUT2D eigenvalue weighted by molar-refractivity contribution is 5.98. The molecule has 1 atom stereocenters. The molecule has 6 nitrogen and oxygen atoms in total. The van der Waals surface area contributed by atoms with Gasteiger partial charge in [0.15, 0.2) is 5.72 Å². The van der Waals surface area contributed by atoms with Crippen LogP contribution < -0.4 is 0 Å². The van der Waals surface area contributed by atoms with Gasteiger partial charge in [0.25, 0.3) is 5.91 Å². The van der Waals surface area contributed by atoms with Crippen LogP contribution in [-0.4, -0.2) is 31.8 Å². The van der Waals surface area contributed by atoms with Crippen LogP contribution in [0.5, 0.6) is 5.75 Å². The highest BCUT2D eigenvalue weighted by Gasteiger charge is 2.45. The van der Waals surface area contributed by atoms with Crippen LogP contribution in [0.4, 0.5) is 0 Å². The Morgan fingerprint density at radius 2 is 1.87 bits per heavy atom. The van der Waals surface area contributed by atoms with E-state index in [4.69, 9.17) is 0 Å². The quantitative estimate of drug-likeness (QED) is 0.910. The van der Waals surface area contributed by atoms with E-state index in [0.29, 0.717) is 17.5 Å². The van der Waals surface area contributed by atoms with Crippen molar-refractivity contribution in [3.8, 4) is 5.75 Å². The standard InChI is InChI=1S/C17H17N3O3/c1-2-14-11-17(23,13-7-9-18-10-8-13)20(19-14)16(22)12-3-5-15(21)6-4-12/h3-10,21,23H,2,11H2,1H3/t17-/m1/s1. The summed E-state index contributed by atoms with van der Waals surface area (Å²) in [5.41, 5.74) is 0.128. The van der Waals surface area contributed by atoms with E-state index in [1.54, 1.807) is 24.5 Å². The number of aliphatic hydroxyl groups is 1. The second-order valence-corrected chi connectivity index (χ2v) is 5.41. The van der Waals surface area contributed by atoms with Crippen LogP contribution in [0.3, 0.4) is 0 Å². The number of hydrogen-bond acceptors (Lipinski definition) is 5. The minimum Gasteiger partial charge on any atom is -0.508 e. The van der Waals surface area contributed by atoms with Crippen LogP contribution in [0.2, 0.25) is 0 Å². The summed E-state index contributed by atoms with van der Waals surface area (Å²) in [6, 6.07) is 9.21. The highest BCUT2D eigenvalue weighted by Crippen LogP contribution is 2.36. The molecule has 1 aliphatic heterocycles. The molecule has 0 bridgehead atoms. The summed E-state index contributed by atoms with van der Waals surface area (Å²) in [5, 5.41) is 25.9. The van der Waals surface area contributed by atoms with E-state index in [2.05, 4.69) is 10.1 Å². The molecule has 1 amide bonds. The predicted octanol–water partition coefficient (Wildman–Crippen LogP) is 2.24. The number of carbonyl (C=O) groups is 1. The number of hydrogen-bond donors (Lipinski definition) is 2. The van der Waals surface area contributed by atoms with Crippen LogP contribution >= 0.6 is 0 Å². The van der Waals surface area contributed by atoms with Crippen molar-refractivity contribution in [3.05, 3.63) is 59.9 Å². The molecule has 1 aliphatic rings. The zero-order valence-corrected chi connectivity index (χ0v) is 12.7. The summed E-state index contributed by atoms with van der Waals surface area (Å²) in [7, 11) is 0. The van der Waals surface area contributed by atoms with Crippen molar-refractivity contribution in [2.75, 3.05) is 0 Å². The van der Waals surface area contributed by atoms with E-state index >= 15 is 0 Å². The zero-order valence-electron chi connectivity index (χ0n) is 12.7. The van der Waals surface area contributed by atoms with Crippen LogP contribution in [0.25, 0.3) is 0 Å². The summed E-state index contributed by atoms with van der Waals surface area (Å²) in [4.78, 5) is 16.7. The van der Waals surface area contributed by atoms with E-state index in [1.807, 2.05) is 6.92 Å². The normalized spacial score (nSPS) is 20.4. The summed E-state index contributed by atoms with van der Waals surface area (Å²) < 4.78 is 0. The predicted molar refractivity (Wildman–Crippen MR) is 84.8 cm³/mol. The lowest BCUT2D eigenvalue weighted by molar-refractivity contribution is -0.0766. The van der Waals surface area contributed by atoms with Gasteiger partial charge in [-0.15, -0.1) is 0 Å². The van der Waals surface area contributed by atoms with Gasteiger partial charge in [-0.05, 0) is 42.8 Å². The maximum Gasteiger partial charge on any atom is 0.276 e. The van der Waals surface area contributed by atoms with Crippen LogP contribution in [0.15, 0.2) is 53.9 Å². The number of amides is 1. The van der Waals surface area contributed by atoms with Crippen molar-refractivity contribution in [1.29, 1.82) is 0 Å². The molecule has 6 heteroatoms. The molecular formula is C17H17N3O3. The molecule has 2 heterocycles. The van der Waals surface area contributed by atoms with Gasteiger partial charge in [0.1, 0.15) is 5.75 Å². The van der Waals surface area contributed by atoms with E-state index in [0.717, 1.165) is 10.7 Å². The zero-order chi connectivity index (χ0) is 16.4. The molecule has 1 aromatic heterocycles. The molecular weight excluding hydrogens is 294 g/mol. The Morgan fingerprint density at radius 1 is 1.22 bits per heavy atom. The van der Waals surface area contributed by atoms with Gasteiger partial charge < -0.3 is 10.2 Å². The summed E-state index contributed by atoms with van der Waals surface area (Å²) in [6.07, 6.45) is 4.05. The molecule has 2 N–H and O–H groups in total. The number of aromatic hydroxyl groups is 1. The van der Waals surface area contributed by atoms with Gasteiger partial charge in [0.05, 0.1) is 0 Å². The van der Waals surface area contributed by atoms with Crippen molar-refractivity contribution in [2.45, 2.75) is 25.5 Å². The van der Waals surface area contributed by atoms with Gasteiger partial charge in [0.2, 0.25) is 0 Å². The third-order valence-electron chi connectivity index (χ3n) is 3.90. The van der Waals surface area contributed by atoms with Gasteiger partial charge in [-0.2, -0.15) is 10.1 Å². The van der Waals surface area contributed by atoms with E-state index in [9.17, 15) is 15.0 Å². The molecule has 0 spiro atoms. The van der Waals surface area contributed by atoms with Crippen molar-refractivity contribution in [2.24, 2.45) is 5.10 Å². The first-order valence-corrected chi connectivity index (χ1v) is 7.37. The third-order valence-corrected chi connectivity index (χ3v) is 3.90. The summed E-state index contributed by atoms with van der Waals surface area (Å²) in [6.45, 7) is 1.93. The topological polar surface area (TPSA) is 86.0 Å². The lowest BCUT2D eigenvalue weighted by Crippen LogP contribution is -2.43. The van der Waals surface area contributed by atoms with Gasteiger partial charge in [0, 0.05) is 35.7 Å². The minimum atomic E-state index is -1.52. The Balaban J connectivity index is 2.01.